The minimum absolute atomic E-state index is 0. The Labute approximate surface area is 173 Å². The van der Waals surface area contributed by atoms with Crippen molar-refractivity contribution in [2.45, 2.75) is 39.7 Å². The molecule has 0 spiro atoms. The maximum absolute atomic E-state index is 4.91. The summed E-state index contributed by atoms with van der Waals surface area (Å²) >= 11 is 0. The zero-order valence-corrected chi connectivity index (χ0v) is 18.5. The number of aromatic nitrogens is 2. The molecule has 1 aliphatic rings. The number of halogens is 1. The van der Waals surface area contributed by atoms with Crippen molar-refractivity contribution >= 4 is 29.9 Å². The average Bonchev–Trinajstić information content (AvgIpc) is 3.19. The molecule has 1 aliphatic heterocycles. The van der Waals surface area contributed by atoms with Gasteiger partial charge >= 0.3 is 0 Å². The molecule has 2 heterocycles. The van der Waals surface area contributed by atoms with Crippen LogP contribution in [-0.4, -0.2) is 40.3 Å². The van der Waals surface area contributed by atoms with Crippen molar-refractivity contribution < 1.29 is 0 Å². The molecule has 0 aliphatic carbocycles. The average molecular weight is 467 g/mol. The van der Waals surface area contributed by atoms with Crippen LogP contribution in [0.5, 0.6) is 0 Å². The summed E-state index contributed by atoms with van der Waals surface area (Å²) < 4.78 is 1.94. The molecule has 1 aromatic carbocycles. The van der Waals surface area contributed by atoms with Crippen molar-refractivity contribution in [1.29, 1.82) is 0 Å². The number of nitrogens with one attached hydrogen (secondary N) is 1. The fourth-order valence-electron chi connectivity index (χ4n) is 3.58. The summed E-state index contributed by atoms with van der Waals surface area (Å²) in [6.07, 6.45) is 1.18. The molecule has 1 aromatic heterocycles. The molecule has 26 heavy (non-hydrogen) atoms. The number of aryl methyl sites for hydroxylation is 2. The molecular formula is C20H30IN5. The highest BCUT2D eigenvalue weighted by Crippen LogP contribution is 2.27. The standard InChI is InChI=1S/C20H29N5.HI/c1-5-21-20(22-13-19-15(2)23-24(4)16(19)3)25-12-11-18(14-25)17-9-7-6-8-10-17;/h6-10,18H,5,11-14H2,1-4H3,(H,21,22);1H. The zero-order valence-electron chi connectivity index (χ0n) is 16.2. The van der Waals surface area contributed by atoms with Crippen molar-refractivity contribution in [3.8, 4) is 0 Å². The molecule has 2 aromatic rings. The van der Waals surface area contributed by atoms with E-state index in [9.17, 15) is 0 Å². The van der Waals surface area contributed by atoms with Crippen molar-refractivity contribution in [3.05, 3.63) is 52.8 Å². The second-order valence-corrected chi connectivity index (χ2v) is 6.79. The molecule has 1 N–H and O–H groups in total. The van der Waals surface area contributed by atoms with Crippen molar-refractivity contribution in [1.82, 2.24) is 20.0 Å². The van der Waals surface area contributed by atoms with Gasteiger partial charge in [0, 0.05) is 43.9 Å². The molecule has 3 rings (SSSR count). The lowest BCUT2D eigenvalue weighted by atomic mass is 9.99. The van der Waals surface area contributed by atoms with Gasteiger partial charge in [-0.2, -0.15) is 5.10 Å². The van der Waals surface area contributed by atoms with Gasteiger partial charge in [0.1, 0.15) is 0 Å². The number of aliphatic imine (C=N–C) groups is 1. The monoisotopic (exact) mass is 467 g/mol. The van der Waals surface area contributed by atoms with Crippen LogP contribution < -0.4 is 5.32 Å². The minimum atomic E-state index is 0. The molecule has 0 radical (unpaired) electrons. The van der Waals surface area contributed by atoms with Gasteiger partial charge in [-0.3, -0.25) is 4.68 Å². The van der Waals surface area contributed by atoms with E-state index in [1.54, 1.807) is 0 Å². The predicted molar refractivity (Wildman–Crippen MR) is 118 cm³/mol. The van der Waals surface area contributed by atoms with Crippen molar-refractivity contribution in [3.63, 3.8) is 0 Å². The normalized spacial score (nSPS) is 17.3. The van der Waals surface area contributed by atoms with Gasteiger partial charge in [0.25, 0.3) is 0 Å². The number of guanidine groups is 1. The topological polar surface area (TPSA) is 45.5 Å². The van der Waals surface area contributed by atoms with E-state index in [1.807, 2.05) is 11.7 Å². The Kier molecular flexibility index (Phi) is 7.49. The first kappa shape index (κ1) is 20.7. The fourth-order valence-corrected chi connectivity index (χ4v) is 3.58. The molecule has 1 saturated heterocycles. The molecule has 0 amide bonds. The van der Waals surface area contributed by atoms with E-state index >= 15 is 0 Å². The van der Waals surface area contributed by atoms with Gasteiger partial charge in [0.05, 0.1) is 12.2 Å². The van der Waals surface area contributed by atoms with Crippen LogP contribution in [0, 0.1) is 13.8 Å². The van der Waals surface area contributed by atoms with Crippen LogP contribution in [0.4, 0.5) is 0 Å². The first-order valence-corrected chi connectivity index (χ1v) is 9.17. The summed E-state index contributed by atoms with van der Waals surface area (Å²) in [5.74, 6) is 1.61. The lowest BCUT2D eigenvalue weighted by Gasteiger charge is -2.22. The third-order valence-corrected chi connectivity index (χ3v) is 5.14. The summed E-state index contributed by atoms with van der Waals surface area (Å²) in [5, 5.41) is 7.96. The highest BCUT2D eigenvalue weighted by Gasteiger charge is 2.26. The Balaban J connectivity index is 0.00000243. The van der Waals surface area contributed by atoms with Gasteiger partial charge in [-0.05, 0) is 32.8 Å². The summed E-state index contributed by atoms with van der Waals surface area (Å²) in [7, 11) is 1.99. The molecule has 5 nitrogen and oxygen atoms in total. The van der Waals surface area contributed by atoms with E-state index in [0.717, 1.165) is 31.3 Å². The van der Waals surface area contributed by atoms with Crippen LogP contribution in [0.2, 0.25) is 0 Å². The van der Waals surface area contributed by atoms with Crippen LogP contribution in [0.3, 0.4) is 0 Å². The number of hydrogen-bond donors (Lipinski definition) is 1. The summed E-state index contributed by atoms with van der Waals surface area (Å²) in [4.78, 5) is 7.30. The lowest BCUT2D eigenvalue weighted by Crippen LogP contribution is -2.40. The van der Waals surface area contributed by atoms with Gasteiger partial charge in [-0.15, -0.1) is 24.0 Å². The molecule has 1 atom stereocenters. The van der Waals surface area contributed by atoms with Gasteiger partial charge in [0.2, 0.25) is 0 Å². The number of nitrogens with zero attached hydrogens (tertiary/aromatic N) is 4. The van der Waals surface area contributed by atoms with E-state index in [0.29, 0.717) is 12.5 Å². The van der Waals surface area contributed by atoms with Crippen LogP contribution in [0.1, 0.15) is 41.8 Å². The van der Waals surface area contributed by atoms with Crippen molar-refractivity contribution in [2.24, 2.45) is 12.0 Å². The van der Waals surface area contributed by atoms with Crippen LogP contribution in [0.15, 0.2) is 35.3 Å². The summed E-state index contributed by atoms with van der Waals surface area (Å²) in [6.45, 7) is 9.94. The minimum Gasteiger partial charge on any atom is -0.357 e. The first-order valence-electron chi connectivity index (χ1n) is 9.17. The highest BCUT2D eigenvalue weighted by molar-refractivity contribution is 14.0. The summed E-state index contributed by atoms with van der Waals surface area (Å²) in [5.41, 5.74) is 4.93. The molecule has 0 bridgehead atoms. The Morgan fingerprint density at radius 3 is 2.62 bits per heavy atom. The number of benzene rings is 1. The summed E-state index contributed by atoms with van der Waals surface area (Å²) in [6, 6.07) is 10.8. The predicted octanol–water partition coefficient (Wildman–Crippen LogP) is 3.61. The molecule has 6 heteroatoms. The Morgan fingerprint density at radius 1 is 1.27 bits per heavy atom. The molecular weight excluding hydrogens is 437 g/mol. The van der Waals surface area contributed by atoms with Gasteiger partial charge in [0.15, 0.2) is 5.96 Å². The van der Waals surface area contributed by atoms with E-state index < -0.39 is 0 Å². The van der Waals surface area contributed by atoms with E-state index in [-0.39, 0.29) is 24.0 Å². The molecule has 1 fully saturated rings. The highest BCUT2D eigenvalue weighted by atomic mass is 127. The second-order valence-electron chi connectivity index (χ2n) is 6.79. The number of likely N-dealkylation sites (tertiary alicyclic amines) is 1. The van der Waals surface area contributed by atoms with E-state index in [2.05, 4.69) is 66.4 Å². The largest absolute Gasteiger partial charge is 0.357 e. The quantitative estimate of drug-likeness (QED) is 0.425. The van der Waals surface area contributed by atoms with Crippen LogP contribution in [-0.2, 0) is 13.6 Å². The van der Waals surface area contributed by atoms with Gasteiger partial charge in [-0.25, -0.2) is 4.99 Å². The van der Waals surface area contributed by atoms with Crippen molar-refractivity contribution in [2.75, 3.05) is 19.6 Å². The molecule has 1 unspecified atom stereocenters. The third kappa shape index (κ3) is 4.58. The SMILES string of the molecule is CCNC(=NCc1c(C)nn(C)c1C)N1CCC(c2ccccc2)C1.I. The first-order chi connectivity index (χ1) is 12.1. The Morgan fingerprint density at radius 2 is 2.00 bits per heavy atom. The number of rotatable bonds is 4. The van der Waals surface area contributed by atoms with Gasteiger partial charge < -0.3 is 10.2 Å². The third-order valence-electron chi connectivity index (χ3n) is 5.14. The smallest absolute Gasteiger partial charge is 0.194 e. The Hall–Kier alpha value is -1.57. The maximum Gasteiger partial charge on any atom is 0.194 e. The lowest BCUT2D eigenvalue weighted by molar-refractivity contribution is 0.486. The second kappa shape index (κ2) is 9.39. The van der Waals surface area contributed by atoms with E-state index in [4.69, 9.17) is 4.99 Å². The molecule has 0 saturated carbocycles. The van der Waals surface area contributed by atoms with Gasteiger partial charge in [-0.1, -0.05) is 30.3 Å². The van der Waals surface area contributed by atoms with Crippen LogP contribution in [0.25, 0.3) is 0 Å². The number of hydrogen-bond acceptors (Lipinski definition) is 2. The van der Waals surface area contributed by atoms with E-state index in [1.165, 1.54) is 23.2 Å². The zero-order chi connectivity index (χ0) is 17.8. The maximum atomic E-state index is 4.91. The van der Waals surface area contributed by atoms with Crippen LogP contribution >= 0.6 is 24.0 Å². The Bertz CT molecular complexity index is 738. The molecule has 142 valence electrons. The fraction of sp³-hybridized carbons (Fsp3) is 0.500.